The van der Waals surface area contributed by atoms with E-state index in [1.807, 2.05) is 11.5 Å². The Bertz CT molecular complexity index is 1190. The number of hydrogen-bond acceptors (Lipinski definition) is 5. The molecule has 1 saturated carbocycles. The van der Waals surface area contributed by atoms with Gasteiger partial charge in [0.25, 0.3) is 5.91 Å². The zero-order valence-corrected chi connectivity index (χ0v) is 20.7. The number of anilines is 2. The molecule has 3 aromatic rings. The lowest BCUT2D eigenvalue weighted by Gasteiger charge is -2.16. The minimum Gasteiger partial charge on any atom is -0.352 e. The molecule has 0 unspecified atom stereocenters. The number of hydroxylamine groups is 1. The number of rotatable bonds is 12. The fraction of sp³-hybridized carbons (Fsp3) is 0.462. The van der Waals surface area contributed by atoms with Gasteiger partial charge in [0.05, 0.1) is 29.7 Å². The van der Waals surface area contributed by atoms with Gasteiger partial charge >= 0.3 is 0 Å². The van der Waals surface area contributed by atoms with E-state index in [1.54, 1.807) is 30.6 Å². The summed E-state index contributed by atoms with van der Waals surface area (Å²) in [7, 11) is 5.86. The molecule has 1 fully saturated rings. The molecule has 0 spiro atoms. The third-order valence-corrected chi connectivity index (χ3v) is 6.17. The van der Waals surface area contributed by atoms with Crippen LogP contribution in [0.15, 0.2) is 30.6 Å². The number of nitrogens with one attached hydrogen (secondary N) is 3. The van der Waals surface area contributed by atoms with Gasteiger partial charge in [0.2, 0.25) is 0 Å². The number of carbonyl (C=O) groups is 1. The van der Waals surface area contributed by atoms with Gasteiger partial charge in [-0.3, -0.25) is 9.63 Å². The summed E-state index contributed by atoms with van der Waals surface area (Å²) in [4.78, 5) is 22.8. The van der Waals surface area contributed by atoms with Crippen LogP contribution in [-0.4, -0.2) is 42.5 Å². The Balaban J connectivity index is 1.62. The molecule has 184 valence electrons. The molecule has 1 aliphatic carbocycles. The summed E-state index contributed by atoms with van der Waals surface area (Å²) in [5, 5.41) is 6.49. The van der Waals surface area contributed by atoms with Crippen molar-refractivity contribution in [1.29, 1.82) is 0 Å². The largest absolute Gasteiger partial charge is 0.352 e. The number of benzene rings is 2. The molecule has 2 aromatic carbocycles. The molecular weight excluding hydrogens is 444 g/mol. The molecular formula is C26H33BFN5O2. The fourth-order valence-electron chi connectivity index (χ4n) is 3.96. The third-order valence-electron chi connectivity index (χ3n) is 6.17. The zero-order chi connectivity index (χ0) is 24.9. The highest BCUT2D eigenvalue weighted by Crippen LogP contribution is 2.32. The Labute approximate surface area is 207 Å². The van der Waals surface area contributed by atoms with E-state index in [9.17, 15) is 4.79 Å². The topological polar surface area (TPSA) is 80.2 Å². The Kier molecular flexibility index (Phi) is 8.08. The zero-order valence-electron chi connectivity index (χ0n) is 20.7. The number of amides is 1. The third kappa shape index (κ3) is 6.41. The molecule has 4 rings (SSSR count). The maximum atomic E-state index is 15.8. The highest BCUT2D eigenvalue weighted by molar-refractivity contribution is 6.32. The highest BCUT2D eigenvalue weighted by atomic mass is 19.1. The van der Waals surface area contributed by atoms with Crippen LogP contribution in [0.2, 0.25) is 0 Å². The van der Waals surface area contributed by atoms with Crippen molar-refractivity contribution in [1.82, 2.24) is 20.3 Å². The standard InChI is InChI=1S/C26H33BFN5O2/c1-16(2)29-10-4-5-11-33-15-30-25-22(33)13-20(26(34)32-35-14-18-6-7-18)24(23(25)28)31-21-9-8-19(27)12-17(21)3/h8-9,12-13,15-16,18,29,31H,4-7,10-11,14H2,1-3H3,(H,32,34). The molecule has 0 bridgehead atoms. The van der Waals surface area contributed by atoms with E-state index in [0.29, 0.717) is 41.8 Å². The van der Waals surface area contributed by atoms with Gasteiger partial charge in [0.15, 0.2) is 5.82 Å². The van der Waals surface area contributed by atoms with Crippen LogP contribution in [0, 0.1) is 18.7 Å². The molecule has 9 heteroatoms. The summed E-state index contributed by atoms with van der Waals surface area (Å²) in [5.41, 5.74) is 5.60. The lowest BCUT2D eigenvalue weighted by atomic mass is 9.94. The number of imidazole rings is 1. The van der Waals surface area contributed by atoms with Crippen LogP contribution in [0.5, 0.6) is 0 Å². The molecule has 2 radical (unpaired) electrons. The van der Waals surface area contributed by atoms with E-state index in [-0.39, 0.29) is 16.8 Å². The van der Waals surface area contributed by atoms with E-state index in [0.717, 1.165) is 37.8 Å². The SMILES string of the molecule is [B]c1ccc(Nc2c(C(=O)NOCC3CC3)cc3c(ncn3CCCCNC(C)C)c2F)c(C)c1. The molecule has 0 atom stereocenters. The van der Waals surface area contributed by atoms with Crippen LogP contribution in [0.25, 0.3) is 11.0 Å². The molecule has 1 amide bonds. The minimum atomic E-state index is -0.578. The smallest absolute Gasteiger partial charge is 0.277 e. The first-order valence-electron chi connectivity index (χ1n) is 12.3. The van der Waals surface area contributed by atoms with Crippen LogP contribution in [0.1, 0.15) is 55.5 Å². The molecule has 3 N–H and O–H groups in total. The van der Waals surface area contributed by atoms with Gasteiger partial charge in [-0.05, 0) is 62.8 Å². The average molecular weight is 477 g/mol. The van der Waals surface area contributed by atoms with E-state index in [4.69, 9.17) is 12.7 Å². The van der Waals surface area contributed by atoms with Crippen LogP contribution >= 0.6 is 0 Å². The number of nitrogens with zero attached hydrogens (tertiary/aromatic N) is 2. The maximum absolute atomic E-state index is 15.8. The summed E-state index contributed by atoms with van der Waals surface area (Å²) in [6, 6.07) is 7.41. The van der Waals surface area contributed by atoms with Gasteiger partial charge in [0, 0.05) is 18.3 Å². The number of fused-ring (bicyclic) bond motifs is 1. The van der Waals surface area contributed by atoms with Crippen LogP contribution in [-0.2, 0) is 11.4 Å². The molecule has 7 nitrogen and oxygen atoms in total. The second-order valence-corrected chi connectivity index (χ2v) is 9.62. The van der Waals surface area contributed by atoms with E-state index in [2.05, 4.69) is 34.9 Å². The number of hydrogen-bond donors (Lipinski definition) is 3. The summed E-state index contributed by atoms with van der Waals surface area (Å²) in [5.74, 6) is -0.599. The van der Waals surface area contributed by atoms with Gasteiger partial charge in [0.1, 0.15) is 13.4 Å². The van der Waals surface area contributed by atoms with Crippen LogP contribution in [0.4, 0.5) is 15.8 Å². The van der Waals surface area contributed by atoms with Crippen LogP contribution < -0.4 is 21.6 Å². The number of aryl methyl sites for hydroxylation is 2. The predicted octanol–water partition coefficient (Wildman–Crippen LogP) is 3.87. The normalized spacial score (nSPS) is 13.5. The molecule has 1 aliphatic rings. The Morgan fingerprint density at radius 3 is 2.80 bits per heavy atom. The number of aromatic nitrogens is 2. The molecule has 35 heavy (non-hydrogen) atoms. The fourth-order valence-corrected chi connectivity index (χ4v) is 3.96. The quantitative estimate of drug-likeness (QED) is 0.210. The first kappa shape index (κ1) is 25.2. The molecule has 0 aliphatic heterocycles. The number of carbonyl (C=O) groups excluding carboxylic acids is 1. The monoisotopic (exact) mass is 477 g/mol. The van der Waals surface area contributed by atoms with Crippen LogP contribution in [0.3, 0.4) is 0 Å². The van der Waals surface area contributed by atoms with Crippen molar-refractivity contribution in [2.24, 2.45) is 5.92 Å². The lowest BCUT2D eigenvalue weighted by molar-refractivity contribution is 0.0271. The Morgan fingerprint density at radius 1 is 1.29 bits per heavy atom. The van der Waals surface area contributed by atoms with Crippen molar-refractivity contribution in [2.45, 2.75) is 59.0 Å². The van der Waals surface area contributed by atoms with Crippen molar-refractivity contribution in [3.05, 3.63) is 47.5 Å². The second-order valence-electron chi connectivity index (χ2n) is 9.62. The van der Waals surface area contributed by atoms with Crippen molar-refractivity contribution < 1.29 is 14.0 Å². The number of halogens is 1. The van der Waals surface area contributed by atoms with E-state index < -0.39 is 11.7 Å². The summed E-state index contributed by atoms with van der Waals surface area (Å²) < 4.78 is 17.7. The average Bonchev–Trinajstić information content (AvgIpc) is 3.54. The summed E-state index contributed by atoms with van der Waals surface area (Å²) >= 11 is 0. The highest BCUT2D eigenvalue weighted by Gasteiger charge is 2.25. The van der Waals surface area contributed by atoms with E-state index >= 15 is 4.39 Å². The minimum absolute atomic E-state index is 0.0595. The van der Waals surface area contributed by atoms with Gasteiger partial charge < -0.3 is 15.2 Å². The van der Waals surface area contributed by atoms with Gasteiger partial charge in [-0.15, -0.1) is 0 Å². The first-order valence-corrected chi connectivity index (χ1v) is 12.3. The van der Waals surface area contributed by atoms with Gasteiger partial charge in [-0.2, -0.15) is 0 Å². The molecule has 1 aromatic heterocycles. The molecule has 1 heterocycles. The van der Waals surface area contributed by atoms with Gasteiger partial charge in [-0.25, -0.2) is 14.9 Å². The summed E-state index contributed by atoms with van der Waals surface area (Å²) in [6.45, 7) is 8.16. The van der Waals surface area contributed by atoms with Crippen molar-refractivity contribution in [3.63, 3.8) is 0 Å². The number of unbranched alkanes of at least 4 members (excludes halogenated alkanes) is 1. The first-order chi connectivity index (χ1) is 16.8. The van der Waals surface area contributed by atoms with Gasteiger partial charge in [-0.1, -0.05) is 31.4 Å². The predicted molar refractivity (Wildman–Crippen MR) is 138 cm³/mol. The van der Waals surface area contributed by atoms with E-state index in [1.165, 1.54) is 0 Å². The van der Waals surface area contributed by atoms with Crippen molar-refractivity contribution in [2.75, 3.05) is 18.5 Å². The Hall–Kier alpha value is -2.91. The summed E-state index contributed by atoms with van der Waals surface area (Å²) in [6.07, 6.45) is 5.73. The molecule has 0 saturated heterocycles. The lowest BCUT2D eigenvalue weighted by Crippen LogP contribution is -2.26. The van der Waals surface area contributed by atoms with Crippen molar-refractivity contribution >= 4 is 41.6 Å². The maximum Gasteiger partial charge on any atom is 0.277 e. The second kappa shape index (κ2) is 11.2. The van der Waals surface area contributed by atoms with Crippen molar-refractivity contribution in [3.8, 4) is 0 Å². The Morgan fingerprint density at radius 2 is 2.09 bits per heavy atom.